The number of carboxylic acid groups (broad SMARTS) is 1. The molecule has 0 saturated carbocycles. The van der Waals surface area contributed by atoms with Gasteiger partial charge >= 0.3 is 5.97 Å². The summed E-state index contributed by atoms with van der Waals surface area (Å²) < 4.78 is 5.35. The fraction of sp³-hybridized carbons (Fsp3) is 0.500. The number of nitrogens with one attached hydrogen (secondary N) is 1. The molecular formula is C10H15N3O3. The number of carbonyl (C=O) groups is 1. The van der Waals surface area contributed by atoms with Crippen LogP contribution in [0.4, 0.5) is 5.82 Å². The molecule has 1 rings (SSSR count). The number of rotatable bonds is 6. The van der Waals surface area contributed by atoms with Gasteiger partial charge in [0.25, 0.3) is 0 Å². The average molecular weight is 225 g/mol. The summed E-state index contributed by atoms with van der Waals surface area (Å²) in [5.41, 5.74) is 0. The van der Waals surface area contributed by atoms with Crippen LogP contribution in [-0.2, 0) is 4.79 Å². The minimum Gasteiger partial charge on any atom is -0.480 e. The Morgan fingerprint density at radius 2 is 2.31 bits per heavy atom. The zero-order valence-electron chi connectivity index (χ0n) is 9.30. The maximum absolute atomic E-state index is 10.3. The minimum atomic E-state index is -0.949. The number of aliphatic carboxylic acids is 1. The van der Waals surface area contributed by atoms with Crippen LogP contribution in [0.5, 0.6) is 5.88 Å². The number of hydrogen-bond acceptors (Lipinski definition) is 5. The molecule has 0 spiro atoms. The molecule has 0 bridgehead atoms. The molecular weight excluding hydrogens is 210 g/mol. The molecule has 0 radical (unpaired) electrons. The second kappa shape index (κ2) is 5.89. The van der Waals surface area contributed by atoms with Gasteiger partial charge in [-0.1, -0.05) is 13.8 Å². The first-order chi connectivity index (χ1) is 7.58. The third-order valence-corrected chi connectivity index (χ3v) is 1.60. The third-order valence-electron chi connectivity index (χ3n) is 1.60. The minimum absolute atomic E-state index is 0.192. The number of hydrogen-bond donors (Lipinski definition) is 2. The van der Waals surface area contributed by atoms with Crippen molar-refractivity contribution in [2.75, 3.05) is 18.5 Å². The summed E-state index contributed by atoms with van der Waals surface area (Å²) in [6.07, 6.45) is 2.94. The van der Waals surface area contributed by atoms with Gasteiger partial charge in [-0.25, -0.2) is 0 Å². The molecule has 0 aliphatic heterocycles. The molecule has 0 saturated heterocycles. The third kappa shape index (κ3) is 4.59. The van der Waals surface area contributed by atoms with E-state index in [0.717, 1.165) is 0 Å². The van der Waals surface area contributed by atoms with Gasteiger partial charge in [0.2, 0.25) is 5.88 Å². The Balaban J connectivity index is 2.53. The number of anilines is 1. The molecule has 0 aliphatic carbocycles. The van der Waals surface area contributed by atoms with Crippen molar-refractivity contribution in [1.29, 1.82) is 0 Å². The summed E-state index contributed by atoms with van der Waals surface area (Å²) in [5, 5.41) is 11.1. The average Bonchev–Trinajstić information content (AvgIpc) is 2.24. The molecule has 1 aromatic rings. The SMILES string of the molecule is CC(C)COc1cncc(NCC(=O)O)n1. The summed E-state index contributed by atoms with van der Waals surface area (Å²) >= 11 is 0. The summed E-state index contributed by atoms with van der Waals surface area (Å²) in [6, 6.07) is 0. The highest BCUT2D eigenvalue weighted by Crippen LogP contribution is 2.09. The Morgan fingerprint density at radius 3 is 2.94 bits per heavy atom. The standard InChI is InChI=1S/C10H15N3O3/c1-7(2)6-16-9-4-11-3-8(13-9)12-5-10(14)15/h3-4,7H,5-6H2,1-2H3,(H,12,13)(H,14,15). The monoisotopic (exact) mass is 225 g/mol. The Hall–Kier alpha value is -1.85. The van der Waals surface area contributed by atoms with Gasteiger partial charge in [-0.15, -0.1) is 0 Å². The lowest BCUT2D eigenvalue weighted by Gasteiger charge is -2.08. The molecule has 1 aromatic heterocycles. The van der Waals surface area contributed by atoms with Gasteiger partial charge in [0.1, 0.15) is 12.4 Å². The first-order valence-electron chi connectivity index (χ1n) is 4.98. The maximum Gasteiger partial charge on any atom is 0.322 e. The van der Waals surface area contributed by atoms with Crippen molar-refractivity contribution in [3.63, 3.8) is 0 Å². The normalized spacial score (nSPS) is 10.2. The van der Waals surface area contributed by atoms with Crippen LogP contribution >= 0.6 is 0 Å². The van der Waals surface area contributed by atoms with Crippen LogP contribution in [0.1, 0.15) is 13.8 Å². The van der Waals surface area contributed by atoms with E-state index in [1.807, 2.05) is 13.8 Å². The van der Waals surface area contributed by atoms with Crippen molar-refractivity contribution in [2.24, 2.45) is 5.92 Å². The van der Waals surface area contributed by atoms with Gasteiger partial charge < -0.3 is 15.2 Å². The van der Waals surface area contributed by atoms with Gasteiger partial charge in [0, 0.05) is 0 Å². The van der Waals surface area contributed by atoms with E-state index in [4.69, 9.17) is 9.84 Å². The van der Waals surface area contributed by atoms with Crippen LogP contribution in [0.15, 0.2) is 12.4 Å². The molecule has 0 aromatic carbocycles. The van der Waals surface area contributed by atoms with E-state index in [9.17, 15) is 4.79 Å². The van der Waals surface area contributed by atoms with E-state index in [1.54, 1.807) is 0 Å². The Labute approximate surface area is 93.7 Å². The molecule has 2 N–H and O–H groups in total. The van der Waals surface area contributed by atoms with Crippen molar-refractivity contribution >= 4 is 11.8 Å². The van der Waals surface area contributed by atoms with Crippen LogP contribution < -0.4 is 10.1 Å². The van der Waals surface area contributed by atoms with Crippen LogP contribution in [0.25, 0.3) is 0 Å². The molecule has 6 heteroatoms. The zero-order chi connectivity index (χ0) is 12.0. The molecule has 6 nitrogen and oxygen atoms in total. The Kier molecular flexibility index (Phi) is 4.50. The molecule has 1 heterocycles. The van der Waals surface area contributed by atoms with E-state index in [1.165, 1.54) is 12.4 Å². The van der Waals surface area contributed by atoms with E-state index in [0.29, 0.717) is 24.2 Å². The predicted molar refractivity (Wildman–Crippen MR) is 58.5 cm³/mol. The van der Waals surface area contributed by atoms with E-state index < -0.39 is 5.97 Å². The van der Waals surface area contributed by atoms with Crippen molar-refractivity contribution < 1.29 is 14.6 Å². The lowest BCUT2D eigenvalue weighted by Crippen LogP contribution is -2.14. The van der Waals surface area contributed by atoms with Gasteiger partial charge in [-0.2, -0.15) is 4.98 Å². The van der Waals surface area contributed by atoms with E-state index in [2.05, 4.69) is 15.3 Å². The van der Waals surface area contributed by atoms with Crippen molar-refractivity contribution in [3.8, 4) is 5.88 Å². The van der Waals surface area contributed by atoms with Crippen LogP contribution in [0.3, 0.4) is 0 Å². The molecule has 0 fully saturated rings. The fourth-order valence-corrected chi connectivity index (χ4v) is 0.921. The van der Waals surface area contributed by atoms with Gasteiger partial charge in [-0.05, 0) is 5.92 Å². The van der Waals surface area contributed by atoms with Crippen LogP contribution in [0, 0.1) is 5.92 Å². The smallest absolute Gasteiger partial charge is 0.322 e. The van der Waals surface area contributed by atoms with Crippen molar-refractivity contribution in [1.82, 2.24) is 9.97 Å². The number of carboxylic acids is 1. The molecule has 0 atom stereocenters. The summed E-state index contributed by atoms with van der Waals surface area (Å²) in [7, 11) is 0. The summed E-state index contributed by atoms with van der Waals surface area (Å²) in [4.78, 5) is 18.3. The summed E-state index contributed by atoms with van der Waals surface area (Å²) in [6.45, 7) is 4.42. The molecule has 88 valence electrons. The van der Waals surface area contributed by atoms with E-state index >= 15 is 0 Å². The lowest BCUT2D eigenvalue weighted by atomic mass is 10.2. The quantitative estimate of drug-likeness (QED) is 0.751. The summed E-state index contributed by atoms with van der Waals surface area (Å²) in [5.74, 6) is 0.237. The number of ether oxygens (including phenoxy) is 1. The second-order valence-electron chi connectivity index (χ2n) is 3.69. The van der Waals surface area contributed by atoms with Crippen LogP contribution in [-0.4, -0.2) is 34.2 Å². The predicted octanol–water partition coefficient (Wildman–Crippen LogP) is 1.01. The number of aromatic nitrogens is 2. The Morgan fingerprint density at radius 1 is 1.56 bits per heavy atom. The lowest BCUT2D eigenvalue weighted by molar-refractivity contribution is -0.134. The second-order valence-corrected chi connectivity index (χ2v) is 3.69. The van der Waals surface area contributed by atoms with Crippen molar-refractivity contribution in [3.05, 3.63) is 12.4 Å². The molecule has 0 amide bonds. The highest BCUT2D eigenvalue weighted by atomic mass is 16.5. The van der Waals surface area contributed by atoms with Gasteiger partial charge in [0.15, 0.2) is 0 Å². The molecule has 0 unspecified atom stereocenters. The van der Waals surface area contributed by atoms with Gasteiger partial charge in [0.05, 0.1) is 19.0 Å². The van der Waals surface area contributed by atoms with Crippen molar-refractivity contribution in [2.45, 2.75) is 13.8 Å². The number of nitrogens with zero attached hydrogens (tertiary/aromatic N) is 2. The molecule has 0 aliphatic rings. The first-order valence-corrected chi connectivity index (χ1v) is 4.98. The zero-order valence-corrected chi connectivity index (χ0v) is 9.30. The largest absolute Gasteiger partial charge is 0.480 e. The Bertz CT molecular complexity index is 355. The fourth-order valence-electron chi connectivity index (χ4n) is 0.921. The van der Waals surface area contributed by atoms with Gasteiger partial charge in [-0.3, -0.25) is 9.78 Å². The first kappa shape index (κ1) is 12.2. The molecule has 16 heavy (non-hydrogen) atoms. The highest BCUT2D eigenvalue weighted by Gasteiger charge is 2.02. The van der Waals surface area contributed by atoms with E-state index in [-0.39, 0.29) is 6.54 Å². The topological polar surface area (TPSA) is 84.3 Å². The maximum atomic E-state index is 10.3. The highest BCUT2D eigenvalue weighted by molar-refractivity contribution is 5.72. The van der Waals surface area contributed by atoms with Crippen LogP contribution in [0.2, 0.25) is 0 Å².